The van der Waals surface area contributed by atoms with Crippen LogP contribution in [0.25, 0.3) is 22.2 Å². The number of rotatable bonds is 4. The van der Waals surface area contributed by atoms with Gasteiger partial charge in [0.15, 0.2) is 5.78 Å². The normalized spacial score (nSPS) is 18.1. The van der Waals surface area contributed by atoms with Gasteiger partial charge >= 0.3 is 0 Å². The van der Waals surface area contributed by atoms with Crippen LogP contribution in [-0.4, -0.2) is 21.1 Å². The molecule has 1 aliphatic carbocycles. The van der Waals surface area contributed by atoms with Gasteiger partial charge in [-0.05, 0) is 61.7 Å². The summed E-state index contributed by atoms with van der Waals surface area (Å²) in [6.45, 7) is 3.42. The van der Waals surface area contributed by atoms with Crippen LogP contribution in [0.2, 0.25) is 0 Å². The van der Waals surface area contributed by atoms with E-state index in [0.29, 0.717) is 28.8 Å². The number of hydrogen-bond acceptors (Lipinski definition) is 4. The maximum atomic E-state index is 13.7. The number of aryl methyl sites for hydroxylation is 1. The van der Waals surface area contributed by atoms with E-state index in [-0.39, 0.29) is 17.1 Å². The number of carbonyl (C=O) groups is 2. The Kier molecular flexibility index (Phi) is 5.54. The molecule has 2 unspecified atom stereocenters. The van der Waals surface area contributed by atoms with E-state index in [0.717, 1.165) is 16.7 Å². The lowest BCUT2D eigenvalue weighted by atomic mass is 9.74. The predicted octanol–water partition coefficient (Wildman–Crippen LogP) is 5.04. The first-order valence-corrected chi connectivity index (χ1v) is 11.3. The summed E-state index contributed by atoms with van der Waals surface area (Å²) in [5.41, 5.74) is 3.83. The molecule has 0 radical (unpaired) electrons. The zero-order chi connectivity index (χ0) is 23.8. The van der Waals surface area contributed by atoms with Crippen molar-refractivity contribution in [1.82, 2.24) is 9.55 Å². The standard InChI is InChI=1S/C29H24N2O3/c1-18-12-14-22(15-13-18)31-28(30-25-11-7-6-10-23(25)29(31)34)24-16-21(20-8-4-3-5-9-20)17-26(33)27(24)19(2)32/h3-15,17,24,27H,16H2,1-2H3. The predicted molar refractivity (Wildman–Crippen MR) is 133 cm³/mol. The first kappa shape index (κ1) is 21.7. The molecule has 5 heteroatoms. The van der Waals surface area contributed by atoms with Gasteiger partial charge in [-0.2, -0.15) is 0 Å². The maximum absolute atomic E-state index is 13.7. The van der Waals surface area contributed by atoms with E-state index >= 15 is 0 Å². The van der Waals surface area contributed by atoms with Crippen LogP contribution >= 0.6 is 0 Å². The first-order chi connectivity index (χ1) is 16.4. The highest BCUT2D eigenvalue weighted by molar-refractivity contribution is 6.12. The minimum Gasteiger partial charge on any atom is -0.299 e. The summed E-state index contributed by atoms with van der Waals surface area (Å²) in [7, 11) is 0. The second-order valence-corrected chi connectivity index (χ2v) is 8.80. The van der Waals surface area contributed by atoms with Crippen molar-refractivity contribution in [3.05, 3.63) is 112 Å². The summed E-state index contributed by atoms with van der Waals surface area (Å²) >= 11 is 0. The number of benzene rings is 3. The van der Waals surface area contributed by atoms with Crippen molar-refractivity contribution >= 4 is 28.0 Å². The molecule has 0 saturated heterocycles. The van der Waals surface area contributed by atoms with Crippen molar-refractivity contribution in [2.24, 2.45) is 5.92 Å². The molecule has 0 fully saturated rings. The Labute approximate surface area is 197 Å². The summed E-state index contributed by atoms with van der Waals surface area (Å²) in [5.74, 6) is -1.50. The van der Waals surface area contributed by atoms with Crippen LogP contribution in [0.4, 0.5) is 0 Å². The minimum absolute atomic E-state index is 0.213. The molecule has 168 valence electrons. The van der Waals surface area contributed by atoms with Crippen LogP contribution in [0.3, 0.4) is 0 Å². The Balaban J connectivity index is 1.77. The van der Waals surface area contributed by atoms with Crippen molar-refractivity contribution in [3.8, 4) is 5.69 Å². The van der Waals surface area contributed by atoms with Crippen LogP contribution in [-0.2, 0) is 9.59 Å². The fourth-order valence-electron chi connectivity index (χ4n) is 4.79. The fourth-order valence-corrected chi connectivity index (χ4v) is 4.79. The lowest BCUT2D eigenvalue weighted by molar-refractivity contribution is -0.130. The van der Waals surface area contributed by atoms with Gasteiger partial charge < -0.3 is 0 Å². The molecule has 4 aromatic rings. The number of aromatic nitrogens is 2. The molecule has 2 atom stereocenters. The second-order valence-electron chi connectivity index (χ2n) is 8.80. The lowest BCUT2D eigenvalue weighted by Crippen LogP contribution is -2.35. The van der Waals surface area contributed by atoms with E-state index < -0.39 is 11.8 Å². The summed E-state index contributed by atoms with van der Waals surface area (Å²) in [5, 5.41) is 0.493. The van der Waals surface area contributed by atoms with Gasteiger partial charge in [0.2, 0.25) is 0 Å². The fraction of sp³-hybridized carbons (Fsp3) is 0.172. The van der Waals surface area contributed by atoms with Gasteiger partial charge in [-0.3, -0.25) is 19.0 Å². The zero-order valence-electron chi connectivity index (χ0n) is 19.1. The van der Waals surface area contributed by atoms with Gasteiger partial charge in [0, 0.05) is 5.92 Å². The molecule has 0 saturated carbocycles. The third-order valence-corrected chi connectivity index (χ3v) is 6.47. The quantitative estimate of drug-likeness (QED) is 0.410. The van der Waals surface area contributed by atoms with E-state index in [9.17, 15) is 14.4 Å². The van der Waals surface area contributed by atoms with E-state index in [1.54, 1.807) is 22.8 Å². The van der Waals surface area contributed by atoms with E-state index in [4.69, 9.17) is 4.98 Å². The molecular formula is C29H24N2O3. The number of nitrogens with zero attached hydrogens (tertiary/aromatic N) is 2. The van der Waals surface area contributed by atoms with Crippen LogP contribution < -0.4 is 5.56 Å². The molecule has 5 nitrogen and oxygen atoms in total. The molecule has 0 spiro atoms. The SMILES string of the molecule is CC(=O)C1C(=O)C=C(c2ccccc2)CC1c1nc2ccccc2c(=O)n1-c1ccc(C)cc1. The van der Waals surface area contributed by atoms with E-state index in [2.05, 4.69) is 0 Å². The number of carbonyl (C=O) groups excluding carboxylic acids is 2. The molecule has 0 bridgehead atoms. The van der Waals surface area contributed by atoms with Crippen molar-refractivity contribution in [1.29, 1.82) is 0 Å². The molecule has 1 aliphatic rings. The monoisotopic (exact) mass is 448 g/mol. The van der Waals surface area contributed by atoms with E-state index in [1.165, 1.54) is 6.92 Å². The highest BCUT2D eigenvalue weighted by Crippen LogP contribution is 2.40. The minimum atomic E-state index is -0.891. The Morgan fingerprint density at radius 3 is 2.29 bits per heavy atom. The van der Waals surface area contributed by atoms with Crippen LogP contribution in [0.15, 0.2) is 89.7 Å². The van der Waals surface area contributed by atoms with Gasteiger partial charge in [0.05, 0.1) is 22.5 Å². The first-order valence-electron chi connectivity index (χ1n) is 11.3. The zero-order valence-corrected chi connectivity index (χ0v) is 19.1. The summed E-state index contributed by atoms with van der Waals surface area (Å²) in [4.78, 5) is 44.6. The number of fused-ring (bicyclic) bond motifs is 1. The second kappa shape index (κ2) is 8.67. The third kappa shape index (κ3) is 3.79. The Bertz CT molecular complexity index is 1500. The average Bonchev–Trinajstić information content (AvgIpc) is 2.84. The van der Waals surface area contributed by atoms with Gasteiger partial charge in [0.25, 0.3) is 5.56 Å². The topological polar surface area (TPSA) is 69.0 Å². The molecule has 0 amide bonds. The van der Waals surface area contributed by atoms with Crippen molar-refractivity contribution in [2.75, 3.05) is 0 Å². The molecule has 1 aromatic heterocycles. The van der Waals surface area contributed by atoms with E-state index in [1.807, 2.05) is 73.7 Å². The highest BCUT2D eigenvalue weighted by Gasteiger charge is 2.39. The van der Waals surface area contributed by atoms with Gasteiger partial charge in [-0.25, -0.2) is 4.98 Å². The molecule has 1 heterocycles. The molecule has 3 aromatic carbocycles. The van der Waals surface area contributed by atoms with Gasteiger partial charge in [-0.1, -0.05) is 60.2 Å². The maximum Gasteiger partial charge on any atom is 0.265 e. The number of ketones is 2. The third-order valence-electron chi connectivity index (χ3n) is 6.47. The Hall–Kier alpha value is -4.12. The number of Topliss-reactive ketones (excluding diaryl/α,β-unsaturated/α-hetero) is 1. The Morgan fingerprint density at radius 2 is 1.59 bits per heavy atom. The van der Waals surface area contributed by atoms with Crippen LogP contribution in [0, 0.1) is 12.8 Å². The molecule has 0 N–H and O–H groups in total. The summed E-state index contributed by atoms with van der Waals surface area (Å²) in [6, 6.07) is 24.5. The summed E-state index contributed by atoms with van der Waals surface area (Å²) < 4.78 is 1.57. The summed E-state index contributed by atoms with van der Waals surface area (Å²) in [6.07, 6.45) is 2.00. The van der Waals surface area contributed by atoms with Crippen molar-refractivity contribution < 1.29 is 9.59 Å². The largest absolute Gasteiger partial charge is 0.299 e. The molecule has 34 heavy (non-hydrogen) atoms. The van der Waals surface area contributed by atoms with Crippen molar-refractivity contribution in [3.63, 3.8) is 0 Å². The van der Waals surface area contributed by atoms with Gasteiger partial charge in [0.1, 0.15) is 11.6 Å². The highest BCUT2D eigenvalue weighted by atomic mass is 16.2. The average molecular weight is 449 g/mol. The van der Waals surface area contributed by atoms with Crippen molar-refractivity contribution in [2.45, 2.75) is 26.2 Å². The smallest absolute Gasteiger partial charge is 0.265 e. The molecule has 0 aliphatic heterocycles. The van der Waals surface area contributed by atoms with Gasteiger partial charge in [-0.15, -0.1) is 0 Å². The molecular weight excluding hydrogens is 424 g/mol. The number of allylic oxidation sites excluding steroid dienone is 2. The lowest BCUT2D eigenvalue weighted by Gasteiger charge is -2.30. The number of para-hydroxylation sites is 1. The molecule has 5 rings (SSSR count). The van der Waals surface area contributed by atoms with Crippen LogP contribution in [0.1, 0.15) is 36.2 Å². The number of hydrogen-bond donors (Lipinski definition) is 0. The van der Waals surface area contributed by atoms with Crippen LogP contribution in [0.5, 0.6) is 0 Å². The Morgan fingerprint density at radius 1 is 0.912 bits per heavy atom.